The van der Waals surface area contributed by atoms with Crippen LogP contribution in [0.3, 0.4) is 0 Å². The van der Waals surface area contributed by atoms with Crippen molar-refractivity contribution in [2.24, 2.45) is 5.92 Å². The van der Waals surface area contributed by atoms with E-state index in [1.807, 2.05) is 0 Å². The number of nitrogens with zero attached hydrogens (tertiary/aromatic N) is 1. The van der Waals surface area contributed by atoms with Gasteiger partial charge in [0, 0.05) is 24.5 Å². The van der Waals surface area contributed by atoms with E-state index in [-0.39, 0.29) is 5.92 Å². The Bertz CT molecular complexity index is 254. The summed E-state index contributed by atoms with van der Waals surface area (Å²) in [5.41, 5.74) is 0. The molecular weight excluding hydrogens is 200 g/mol. The Morgan fingerprint density at radius 1 is 1.44 bits per heavy atom. The first-order valence-corrected chi connectivity index (χ1v) is 6.76. The number of hydrogen-bond donors (Lipinski definition) is 1. The standard InChI is InChI=1S/C13H24N2O/c1-3-12-5-4-8-15(12)13(16)11-6-7-14-10(2)9-11/h10-12,14H,3-9H2,1-2H3. The summed E-state index contributed by atoms with van der Waals surface area (Å²) in [6, 6.07) is 1.03. The van der Waals surface area contributed by atoms with Crippen LogP contribution in [0.5, 0.6) is 0 Å². The van der Waals surface area contributed by atoms with E-state index in [9.17, 15) is 4.79 Å². The maximum Gasteiger partial charge on any atom is 0.226 e. The smallest absolute Gasteiger partial charge is 0.226 e. The average Bonchev–Trinajstić information content (AvgIpc) is 2.76. The zero-order valence-corrected chi connectivity index (χ0v) is 10.5. The number of nitrogens with one attached hydrogen (secondary N) is 1. The zero-order valence-electron chi connectivity index (χ0n) is 10.5. The molecule has 3 atom stereocenters. The Morgan fingerprint density at radius 2 is 2.25 bits per heavy atom. The highest BCUT2D eigenvalue weighted by molar-refractivity contribution is 5.79. The Kier molecular flexibility index (Phi) is 3.85. The molecule has 1 N–H and O–H groups in total. The molecule has 2 rings (SSSR count). The van der Waals surface area contributed by atoms with Crippen LogP contribution in [0.25, 0.3) is 0 Å². The molecule has 2 aliphatic heterocycles. The van der Waals surface area contributed by atoms with Gasteiger partial charge in [0.1, 0.15) is 0 Å². The zero-order chi connectivity index (χ0) is 11.5. The highest BCUT2D eigenvalue weighted by atomic mass is 16.2. The second kappa shape index (κ2) is 5.17. The van der Waals surface area contributed by atoms with E-state index >= 15 is 0 Å². The van der Waals surface area contributed by atoms with Crippen LogP contribution in [0.4, 0.5) is 0 Å². The number of amides is 1. The van der Waals surface area contributed by atoms with E-state index in [1.54, 1.807) is 0 Å². The molecule has 3 nitrogen and oxygen atoms in total. The molecule has 0 aromatic rings. The van der Waals surface area contributed by atoms with Crippen LogP contribution in [0.2, 0.25) is 0 Å². The summed E-state index contributed by atoms with van der Waals surface area (Å²) in [5.74, 6) is 0.709. The predicted molar refractivity (Wildman–Crippen MR) is 65.2 cm³/mol. The van der Waals surface area contributed by atoms with Crippen molar-refractivity contribution in [3.8, 4) is 0 Å². The monoisotopic (exact) mass is 224 g/mol. The lowest BCUT2D eigenvalue weighted by atomic mass is 9.91. The Hall–Kier alpha value is -0.570. The van der Waals surface area contributed by atoms with Gasteiger partial charge in [0.2, 0.25) is 5.91 Å². The van der Waals surface area contributed by atoms with Gasteiger partial charge in [0.15, 0.2) is 0 Å². The minimum absolute atomic E-state index is 0.281. The Labute approximate surface area is 98.6 Å². The SMILES string of the molecule is CCC1CCCN1C(=O)C1CCNC(C)C1. The molecule has 0 aromatic carbocycles. The normalized spacial score (nSPS) is 35.4. The fourth-order valence-corrected chi connectivity index (χ4v) is 3.14. The van der Waals surface area contributed by atoms with Gasteiger partial charge in [0.05, 0.1) is 0 Å². The second-order valence-corrected chi connectivity index (χ2v) is 5.31. The van der Waals surface area contributed by atoms with Crippen LogP contribution < -0.4 is 5.32 Å². The molecule has 92 valence electrons. The van der Waals surface area contributed by atoms with Crippen molar-refractivity contribution in [3.63, 3.8) is 0 Å². The maximum atomic E-state index is 12.4. The van der Waals surface area contributed by atoms with E-state index in [0.29, 0.717) is 18.0 Å². The average molecular weight is 224 g/mol. The molecular formula is C13H24N2O. The minimum Gasteiger partial charge on any atom is -0.339 e. The second-order valence-electron chi connectivity index (χ2n) is 5.31. The molecule has 1 amide bonds. The van der Waals surface area contributed by atoms with Gasteiger partial charge in [-0.15, -0.1) is 0 Å². The molecule has 2 saturated heterocycles. The Morgan fingerprint density at radius 3 is 2.94 bits per heavy atom. The molecule has 0 bridgehead atoms. The molecule has 0 aliphatic carbocycles. The van der Waals surface area contributed by atoms with Crippen LogP contribution in [-0.4, -0.2) is 36.0 Å². The molecule has 0 spiro atoms. The number of hydrogen-bond acceptors (Lipinski definition) is 2. The van der Waals surface area contributed by atoms with Gasteiger partial charge in [-0.25, -0.2) is 0 Å². The van der Waals surface area contributed by atoms with E-state index in [1.165, 1.54) is 12.8 Å². The van der Waals surface area contributed by atoms with Gasteiger partial charge in [-0.05, 0) is 45.6 Å². The lowest BCUT2D eigenvalue weighted by molar-refractivity contribution is -0.137. The summed E-state index contributed by atoms with van der Waals surface area (Å²) in [4.78, 5) is 14.6. The van der Waals surface area contributed by atoms with Gasteiger partial charge < -0.3 is 10.2 Å². The number of carbonyl (C=O) groups excluding carboxylic acids is 1. The molecule has 2 fully saturated rings. The van der Waals surface area contributed by atoms with Crippen molar-refractivity contribution >= 4 is 5.91 Å². The number of rotatable bonds is 2. The lowest BCUT2D eigenvalue weighted by Crippen LogP contribution is -2.45. The molecule has 3 unspecified atom stereocenters. The van der Waals surface area contributed by atoms with Gasteiger partial charge in [-0.3, -0.25) is 4.79 Å². The molecule has 0 saturated carbocycles. The minimum atomic E-state index is 0.281. The summed E-state index contributed by atoms with van der Waals surface area (Å²) in [5, 5.41) is 3.41. The number of likely N-dealkylation sites (tertiary alicyclic amines) is 1. The molecule has 0 radical (unpaired) electrons. The summed E-state index contributed by atoms with van der Waals surface area (Å²) >= 11 is 0. The van der Waals surface area contributed by atoms with Crippen LogP contribution in [-0.2, 0) is 4.79 Å². The summed E-state index contributed by atoms with van der Waals surface area (Å²) < 4.78 is 0. The highest BCUT2D eigenvalue weighted by Gasteiger charge is 2.33. The van der Waals surface area contributed by atoms with Gasteiger partial charge in [0.25, 0.3) is 0 Å². The van der Waals surface area contributed by atoms with Crippen LogP contribution in [0.15, 0.2) is 0 Å². The van der Waals surface area contributed by atoms with Gasteiger partial charge in [-0.1, -0.05) is 6.92 Å². The van der Waals surface area contributed by atoms with E-state index in [4.69, 9.17) is 0 Å². The Balaban J connectivity index is 1.95. The van der Waals surface area contributed by atoms with Crippen molar-refractivity contribution < 1.29 is 4.79 Å². The number of piperidine rings is 1. The molecule has 3 heteroatoms. The van der Waals surface area contributed by atoms with Crippen molar-refractivity contribution in [1.29, 1.82) is 0 Å². The fourth-order valence-electron chi connectivity index (χ4n) is 3.14. The van der Waals surface area contributed by atoms with E-state index in [0.717, 1.165) is 32.4 Å². The van der Waals surface area contributed by atoms with Crippen molar-refractivity contribution in [2.75, 3.05) is 13.1 Å². The van der Waals surface area contributed by atoms with Crippen molar-refractivity contribution in [3.05, 3.63) is 0 Å². The first-order chi connectivity index (χ1) is 7.72. The third-order valence-corrected chi connectivity index (χ3v) is 4.10. The maximum absolute atomic E-state index is 12.4. The third kappa shape index (κ3) is 2.40. The first-order valence-electron chi connectivity index (χ1n) is 6.76. The fraction of sp³-hybridized carbons (Fsp3) is 0.923. The van der Waals surface area contributed by atoms with E-state index < -0.39 is 0 Å². The third-order valence-electron chi connectivity index (χ3n) is 4.10. The summed E-state index contributed by atoms with van der Waals surface area (Å²) in [6.07, 6.45) is 5.57. The first kappa shape index (κ1) is 11.9. The summed E-state index contributed by atoms with van der Waals surface area (Å²) in [7, 11) is 0. The predicted octanol–water partition coefficient (Wildman–Crippen LogP) is 1.78. The largest absolute Gasteiger partial charge is 0.339 e. The number of carbonyl (C=O) groups is 1. The molecule has 2 aliphatic rings. The summed E-state index contributed by atoms with van der Waals surface area (Å²) in [6.45, 7) is 6.37. The highest BCUT2D eigenvalue weighted by Crippen LogP contribution is 2.26. The van der Waals surface area contributed by atoms with Gasteiger partial charge in [-0.2, -0.15) is 0 Å². The topological polar surface area (TPSA) is 32.3 Å². The van der Waals surface area contributed by atoms with Crippen LogP contribution >= 0.6 is 0 Å². The lowest BCUT2D eigenvalue weighted by Gasteiger charge is -2.32. The van der Waals surface area contributed by atoms with Crippen LogP contribution in [0.1, 0.15) is 46.0 Å². The quantitative estimate of drug-likeness (QED) is 0.775. The van der Waals surface area contributed by atoms with Crippen molar-refractivity contribution in [1.82, 2.24) is 10.2 Å². The van der Waals surface area contributed by atoms with Crippen LogP contribution in [0, 0.1) is 5.92 Å². The molecule has 2 heterocycles. The van der Waals surface area contributed by atoms with Crippen molar-refractivity contribution in [2.45, 2.75) is 58.0 Å². The van der Waals surface area contributed by atoms with E-state index in [2.05, 4.69) is 24.1 Å². The molecule has 16 heavy (non-hydrogen) atoms. The molecule has 0 aromatic heterocycles. The van der Waals surface area contributed by atoms with Gasteiger partial charge >= 0.3 is 0 Å².